The molecule has 1 aliphatic carbocycles. The van der Waals surface area contributed by atoms with Gasteiger partial charge in [0.1, 0.15) is 0 Å². The molecule has 1 rings (SSSR count). The minimum absolute atomic E-state index is 0.143. The number of rotatable bonds is 4. The Morgan fingerprint density at radius 1 is 1.69 bits per heavy atom. The third-order valence-corrected chi connectivity index (χ3v) is 3.29. The van der Waals surface area contributed by atoms with Crippen molar-refractivity contribution in [2.24, 2.45) is 17.7 Å². The molecule has 0 bridgehead atoms. The van der Waals surface area contributed by atoms with Crippen LogP contribution in [0.3, 0.4) is 0 Å². The molecule has 0 spiro atoms. The molecular formula is C11H21NO. The van der Waals surface area contributed by atoms with E-state index in [4.69, 9.17) is 10.7 Å². The molecule has 1 unspecified atom stereocenters. The Bertz CT molecular complexity index is 212. The van der Waals surface area contributed by atoms with E-state index in [1.54, 1.807) is 0 Å². The van der Waals surface area contributed by atoms with Crippen LogP contribution in [0.25, 0.3) is 0 Å². The Kier molecular flexibility index (Phi) is 3.14. The second kappa shape index (κ2) is 3.81. The summed E-state index contributed by atoms with van der Waals surface area (Å²) in [7, 11) is 0. The molecule has 0 aliphatic heterocycles. The maximum Gasteiger partial charge on any atom is 0.0933 e. The van der Waals surface area contributed by atoms with Crippen LogP contribution in [0, 0.1) is 11.8 Å². The van der Waals surface area contributed by atoms with E-state index in [2.05, 4.69) is 33.8 Å². The normalized spacial score (nSPS) is 32.8. The molecule has 2 heteroatoms. The summed E-state index contributed by atoms with van der Waals surface area (Å²) in [6.45, 7) is 8.56. The Hall–Kier alpha value is -0.340. The van der Waals surface area contributed by atoms with E-state index in [9.17, 15) is 0 Å². The summed E-state index contributed by atoms with van der Waals surface area (Å²) in [6, 6.07) is 0. The summed E-state index contributed by atoms with van der Waals surface area (Å²) in [5.74, 6) is 6.81. The first-order chi connectivity index (χ1) is 6.03. The quantitative estimate of drug-likeness (QED) is 0.537. The predicted molar refractivity (Wildman–Crippen MR) is 55.0 cm³/mol. The second-order valence-corrected chi connectivity index (χ2v) is 4.56. The molecule has 0 aromatic heterocycles. The zero-order valence-electron chi connectivity index (χ0n) is 9.13. The molecule has 0 amide bonds. The lowest BCUT2D eigenvalue weighted by molar-refractivity contribution is -0.0533. The Morgan fingerprint density at radius 2 is 2.23 bits per heavy atom. The van der Waals surface area contributed by atoms with Gasteiger partial charge in [-0.15, -0.1) is 0 Å². The Morgan fingerprint density at radius 3 is 2.54 bits per heavy atom. The Labute approximate surface area is 81.1 Å². The average Bonchev–Trinajstić information content (AvgIpc) is 2.83. The van der Waals surface area contributed by atoms with Crippen molar-refractivity contribution in [3.05, 3.63) is 11.6 Å². The lowest BCUT2D eigenvalue weighted by atomic mass is 9.91. The number of hydrogen-bond donors (Lipinski definition) is 1. The monoisotopic (exact) mass is 183 g/mol. The third kappa shape index (κ3) is 2.32. The SMILES string of the molecule is C/C=C(/C)CC(C)(ON)[C@@H]1C[C@H]1C. The zero-order valence-corrected chi connectivity index (χ0v) is 9.13. The van der Waals surface area contributed by atoms with Gasteiger partial charge >= 0.3 is 0 Å². The maximum atomic E-state index is 5.39. The summed E-state index contributed by atoms with van der Waals surface area (Å²) in [6.07, 6.45) is 4.34. The summed E-state index contributed by atoms with van der Waals surface area (Å²) < 4.78 is 0. The van der Waals surface area contributed by atoms with Crippen LogP contribution in [0.5, 0.6) is 0 Å². The topological polar surface area (TPSA) is 35.2 Å². The molecule has 0 radical (unpaired) electrons. The molecule has 1 fully saturated rings. The van der Waals surface area contributed by atoms with Gasteiger partial charge in [0.2, 0.25) is 0 Å². The number of nitrogens with two attached hydrogens (primary N) is 1. The van der Waals surface area contributed by atoms with Gasteiger partial charge in [0.25, 0.3) is 0 Å². The molecular weight excluding hydrogens is 162 g/mol. The maximum absolute atomic E-state index is 5.39. The van der Waals surface area contributed by atoms with E-state index in [1.165, 1.54) is 12.0 Å². The highest BCUT2D eigenvalue weighted by atomic mass is 16.6. The number of hydrogen-bond acceptors (Lipinski definition) is 2. The Balaban J connectivity index is 2.59. The van der Waals surface area contributed by atoms with Crippen molar-refractivity contribution >= 4 is 0 Å². The average molecular weight is 183 g/mol. The van der Waals surface area contributed by atoms with Crippen LogP contribution in [0.2, 0.25) is 0 Å². The van der Waals surface area contributed by atoms with Gasteiger partial charge in [-0.2, -0.15) is 0 Å². The van der Waals surface area contributed by atoms with Crippen LogP contribution in [-0.2, 0) is 4.84 Å². The molecule has 0 aromatic carbocycles. The first kappa shape index (κ1) is 10.7. The highest BCUT2D eigenvalue weighted by Crippen LogP contribution is 2.49. The first-order valence-electron chi connectivity index (χ1n) is 5.03. The number of allylic oxidation sites excluding steroid dienone is 1. The lowest BCUT2D eigenvalue weighted by Crippen LogP contribution is -2.35. The van der Waals surface area contributed by atoms with Gasteiger partial charge in [-0.1, -0.05) is 18.6 Å². The predicted octanol–water partition coefficient (Wildman–Crippen LogP) is 2.65. The van der Waals surface area contributed by atoms with Crippen LogP contribution in [0.1, 0.15) is 40.5 Å². The van der Waals surface area contributed by atoms with Gasteiger partial charge in [-0.05, 0) is 45.4 Å². The first-order valence-corrected chi connectivity index (χ1v) is 5.03. The van der Waals surface area contributed by atoms with Gasteiger partial charge in [0, 0.05) is 0 Å². The summed E-state index contributed by atoms with van der Waals surface area (Å²) >= 11 is 0. The van der Waals surface area contributed by atoms with Crippen molar-refractivity contribution in [2.45, 2.75) is 46.1 Å². The van der Waals surface area contributed by atoms with Gasteiger partial charge < -0.3 is 0 Å². The molecule has 76 valence electrons. The zero-order chi connectivity index (χ0) is 10.1. The van der Waals surface area contributed by atoms with Crippen LogP contribution in [0.4, 0.5) is 0 Å². The highest BCUT2D eigenvalue weighted by Gasteiger charge is 2.48. The van der Waals surface area contributed by atoms with E-state index < -0.39 is 0 Å². The van der Waals surface area contributed by atoms with Crippen molar-refractivity contribution in [2.75, 3.05) is 0 Å². The second-order valence-electron chi connectivity index (χ2n) is 4.56. The van der Waals surface area contributed by atoms with Crippen molar-refractivity contribution in [3.63, 3.8) is 0 Å². The molecule has 2 N–H and O–H groups in total. The molecule has 0 heterocycles. The lowest BCUT2D eigenvalue weighted by Gasteiger charge is -2.28. The molecule has 3 atom stereocenters. The molecule has 1 saturated carbocycles. The van der Waals surface area contributed by atoms with Crippen molar-refractivity contribution in [1.29, 1.82) is 0 Å². The summed E-state index contributed by atoms with van der Waals surface area (Å²) in [4.78, 5) is 5.16. The van der Waals surface area contributed by atoms with Crippen molar-refractivity contribution < 1.29 is 4.84 Å². The fraction of sp³-hybridized carbons (Fsp3) is 0.818. The molecule has 1 aliphatic rings. The van der Waals surface area contributed by atoms with Crippen LogP contribution >= 0.6 is 0 Å². The molecule has 13 heavy (non-hydrogen) atoms. The van der Waals surface area contributed by atoms with Crippen LogP contribution < -0.4 is 5.90 Å². The van der Waals surface area contributed by atoms with Gasteiger partial charge in [0.15, 0.2) is 0 Å². The molecule has 0 saturated heterocycles. The van der Waals surface area contributed by atoms with E-state index in [-0.39, 0.29) is 5.60 Å². The summed E-state index contributed by atoms with van der Waals surface area (Å²) in [5, 5.41) is 0. The van der Waals surface area contributed by atoms with Crippen LogP contribution in [0.15, 0.2) is 11.6 Å². The fourth-order valence-corrected chi connectivity index (χ4v) is 2.09. The molecule has 0 aromatic rings. The smallest absolute Gasteiger partial charge is 0.0933 e. The van der Waals surface area contributed by atoms with E-state index in [0.717, 1.165) is 12.3 Å². The van der Waals surface area contributed by atoms with Gasteiger partial charge in [-0.25, -0.2) is 5.90 Å². The largest absolute Gasteiger partial charge is 0.298 e. The minimum Gasteiger partial charge on any atom is -0.298 e. The standard InChI is InChI=1S/C11H21NO/c1-5-8(2)7-11(4,13-12)10-6-9(10)3/h5,9-10H,6-7,12H2,1-4H3/b8-5-/t9-,10-,11?/m1/s1. The van der Waals surface area contributed by atoms with Crippen molar-refractivity contribution in [1.82, 2.24) is 0 Å². The highest BCUT2D eigenvalue weighted by molar-refractivity contribution is 5.07. The third-order valence-electron chi connectivity index (χ3n) is 3.29. The van der Waals surface area contributed by atoms with Gasteiger partial charge in [-0.3, -0.25) is 4.84 Å². The van der Waals surface area contributed by atoms with E-state index in [1.807, 2.05) is 0 Å². The summed E-state index contributed by atoms with van der Waals surface area (Å²) in [5.41, 5.74) is 1.21. The fourth-order valence-electron chi connectivity index (χ4n) is 2.09. The van der Waals surface area contributed by atoms with Crippen molar-refractivity contribution in [3.8, 4) is 0 Å². The van der Waals surface area contributed by atoms with Crippen LogP contribution in [-0.4, -0.2) is 5.60 Å². The minimum atomic E-state index is -0.143. The van der Waals surface area contributed by atoms with E-state index >= 15 is 0 Å². The van der Waals surface area contributed by atoms with E-state index in [0.29, 0.717) is 5.92 Å². The molecule has 2 nitrogen and oxygen atoms in total. The van der Waals surface area contributed by atoms with Gasteiger partial charge in [0.05, 0.1) is 5.60 Å².